The monoisotopic (exact) mass is 610 g/mol. The second-order valence-corrected chi connectivity index (χ2v) is 12.6. The van der Waals surface area contributed by atoms with Crippen LogP contribution in [0.5, 0.6) is 0 Å². The van der Waals surface area contributed by atoms with Gasteiger partial charge in [-0.25, -0.2) is 18.4 Å². The molecule has 0 saturated heterocycles. The highest BCUT2D eigenvalue weighted by Crippen LogP contribution is 2.27. The summed E-state index contributed by atoms with van der Waals surface area (Å²) >= 11 is 3.17. The molecule has 0 spiro atoms. The van der Waals surface area contributed by atoms with Gasteiger partial charge in [-0.15, -0.1) is 0 Å². The molecule has 7 nitrogen and oxygen atoms in total. The number of benzene rings is 2. The van der Waals surface area contributed by atoms with Crippen LogP contribution in [0.15, 0.2) is 28.7 Å². The van der Waals surface area contributed by atoms with Gasteiger partial charge in [0, 0.05) is 31.7 Å². The second kappa shape index (κ2) is 12.2. The lowest BCUT2D eigenvalue weighted by atomic mass is 9.97. The normalized spacial score (nSPS) is 15.0. The highest BCUT2D eigenvalue weighted by atomic mass is 79.9. The topological polar surface area (TPSA) is 79.3 Å². The van der Waals surface area contributed by atoms with E-state index in [4.69, 9.17) is 14.6 Å². The number of nitrogens with zero attached hydrogens (tertiary/aromatic N) is 2. The van der Waals surface area contributed by atoms with E-state index in [1.165, 1.54) is 12.1 Å². The zero-order valence-corrected chi connectivity index (χ0v) is 25.0. The van der Waals surface area contributed by atoms with Gasteiger partial charge in [0.15, 0.2) is 0 Å². The SMILES string of the molecule is CC(C)(C)OC(=O)N1CCc2cc(F)c(Br)cc2C1.CC(C)(C)OC(=O)N1CCc2cc(F)c(CO)cc2C1. The third-order valence-electron chi connectivity index (χ3n) is 6.11. The molecule has 4 rings (SSSR count). The maximum atomic E-state index is 13.6. The summed E-state index contributed by atoms with van der Waals surface area (Å²) in [5.74, 6) is -0.651. The summed E-state index contributed by atoms with van der Waals surface area (Å²) in [7, 11) is 0. The molecule has 214 valence electrons. The van der Waals surface area contributed by atoms with E-state index < -0.39 is 17.0 Å². The number of carbonyl (C=O) groups is 2. The molecule has 0 aliphatic carbocycles. The number of carbonyl (C=O) groups excluding carboxylic acids is 2. The van der Waals surface area contributed by atoms with Crippen molar-refractivity contribution in [2.75, 3.05) is 13.1 Å². The Kier molecular flexibility index (Phi) is 9.64. The van der Waals surface area contributed by atoms with Crippen molar-refractivity contribution < 1.29 is 33.0 Å². The average Bonchev–Trinajstić information content (AvgIpc) is 2.82. The first kappa shape index (κ1) is 30.8. The van der Waals surface area contributed by atoms with Gasteiger partial charge in [-0.3, -0.25) is 0 Å². The molecule has 0 unspecified atom stereocenters. The number of rotatable bonds is 1. The Morgan fingerprint density at radius 3 is 1.67 bits per heavy atom. The van der Waals surface area contributed by atoms with E-state index in [2.05, 4.69) is 15.9 Å². The number of aliphatic hydroxyl groups excluding tert-OH is 1. The molecule has 2 aliphatic rings. The van der Waals surface area contributed by atoms with Gasteiger partial charge in [0.1, 0.15) is 22.8 Å². The van der Waals surface area contributed by atoms with Crippen molar-refractivity contribution in [2.24, 2.45) is 0 Å². The predicted octanol–water partition coefficient (Wildman–Crippen LogP) is 6.49. The Labute approximate surface area is 237 Å². The highest BCUT2D eigenvalue weighted by Gasteiger charge is 2.27. The molecule has 1 N–H and O–H groups in total. The van der Waals surface area contributed by atoms with Crippen LogP contribution in [0.1, 0.15) is 69.4 Å². The Balaban J connectivity index is 0.000000216. The molecular weight excluding hydrogens is 574 g/mol. The van der Waals surface area contributed by atoms with Gasteiger partial charge in [-0.1, -0.05) is 0 Å². The Morgan fingerprint density at radius 2 is 1.23 bits per heavy atom. The van der Waals surface area contributed by atoms with Crippen LogP contribution in [0, 0.1) is 11.6 Å². The first-order chi connectivity index (χ1) is 18.1. The zero-order valence-electron chi connectivity index (χ0n) is 23.4. The number of aliphatic hydroxyl groups is 1. The van der Waals surface area contributed by atoms with E-state index in [0.29, 0.717) is 43.5 Å². The largest absolute Gasteiger partial charge is 0.444 e. The molecular formula is C29H37BrF2N2O5. The van der Waals surface area contributed by atoms with E-state index in [1.54, 1.807) is 21.9 Å². The number of amides is 2. The third kappa shape index (κ3) is 8.63. The van der Waals surface area contributed by atoms with Crippen LogP contribution in [0.2, 0.25) is 0 Å². The van der Waals surface area contributed by atoms with Crippen LogP contribution in [0.4, 0.5) is 18.4 Å². The van der Waals surface area contributed by atoms with Crippen LogP contribution in [0.3, 0.4) is 0 Å². The molecule has 0 saturated carbocycles. The van der Waals surface area contributed by atoms with Gasteiger partial charge >= 0.3 is 12.2 Å². The summed E-state index contributed by atoms with van der Waals surface area (Å²) in [6, 6.07) is 6.35. The van der Waals surface area contributed by atoms with Gasteiger partial charge in [0.05, 0.1) is 11.1 Å². The Hall–Kier alpha value is -2.72. The standard InChI is InChI=1S/C15H20FNO3.C14H17BrFNO2/c1-15(2,3)20-14(19)17-5-4-10-7-13(16)12(9-18)6-11(10)8-17;1-14(2,3)19-13(18)17-5-4-9-7-12(16)11(15)6-10(9)8-17/h6-7,18H,4-5,8-9H2,1-3H3;6-7H,4-5,8H2,1-3H3. The van der Waals surface area contributed by atoms with Gasteiger partial charge in [0.25, 0.3) is 0 Å². The minimum absolute atomic E-state index is 0.259. The van der Waals surface area contributed by atoms with E-state index in [1.807, 2.05) is 41.5 Å². The molecule has 10 heteroatoms. The lowest BCUT2D eigenvalue weighted by Gasteiger charge is -2.31. The number of fused-ring (bicyclic) bond motifs is 2. The van der Waals surface area contributed by atoms with Crippen molar-refractivity contribution in [3.05, 3.63) is 68.2 Å². The molecule has 0 aromatic heterocycles. The number of hydrogen-bond acceptors (Lipinski definition) is 5. The van der Waals surface area contributed by atoms with Crippen molar-refractivity contribution in [3.8, 4) is 0 Å². The molecule has 2 aromatic rings. The van der Waals surface area contributed by atoms with Gasteiger partial charge in [-0.05, 0) is 117 Å². The van der Waals surface area contributed by atoms with Crippen LogP contribution in [0.25, 0.3) is 0 Å². The first-order valence-corrected chi connectivity index (χ1v) is 13.7. The van der Waals surface area contributed by atoms with Crippen molar-refractivity contribution in [3.63, 3.8) is 0 Å². The summed E-state index contributed by atoms with van der Waals surface area (Å²) < 4.78 is 38.1. The fourth-order valence-electron chi connectivity index (χ4n) is 4.27. The molecule has 39 heavy (non-hydrogen) atoms. The van der Waals surface area contributed by atoms with Crippen LogP contribution < -0.4 is 0 Å². The van der Waals surface area contributed by atoms with Crippen LogP contribution in [-0.2, 0) is 42.0 Å². The molecule has 0 atom stereocenters. The minimum atomic E-state index is -0.531. The third-order valence-corrected chi connectivity index (χ3v) is 6.72. The minimum Gasteiger partial charge on any atom is -0.444 e. The van der Waals surface area contributed by atoms with E-state index in [0.717, 1.165) is 22.3 Å². The zero-order chi connectivity index (χ0) is 29.1. The summed E-state index contributed by atoms with van der Waals surface area (Å²) in [6.45, 7) is 12.6. The molecule has 0 radical (unpaired) electrons. The van der Waals surface area contributed by atoms with Crippen LogP contribution in [-0.4, -0.2) is 51.4 Å². The van der Waals surface area contributed by atoms with Crippen molar-refractivity contribution >= 4 is 28.1 Å². The summed E-state index contributed by atoms with van der Waals surface area (Å²) in [5.41, 5.74) is 2.91. The second-order valence-electron chi connectivity index (χ2n) is 11.7. The maximum absolute atomic E-state index is 13.6. The molecule has 2 aromatic carbocycles. The molecule has 2 aliphatic heterocycles. The molecule has 2 heterocycles. The Bertz CT molecular complexity index is 1220. The van der Waals surface area contributed by atoms with Gasteiger partial charge in [0.2, 0.25) is 0 Å². The Morgan fingerprint density at radius 1 is 0.795 bits per heavy atom. The lowest BCUT2D eigenvalue weighted by molar-refractivity contribution is 0.0213. The average molecular weight is 612 g/mol. The van der Waals surface area contributed by atoms with Gasteiger partial charge < -0.3 is 24.4 Å². The number of ether oxygens (including phenoxy) is 2. The molecule has 0 bridgehead atoms. The highest BCUT2D eigenvalue weighted by molar-refractivity contribution is 9.10. The molecule has 0 fully saturated rings. The fourth-order valence-corrected chi connectivity index (χ4v) is 4.66. The van der Waals surface area contributed by atoms with Gasteiger partial charge in [-0.2, -0.15) is 0 Å². The summed E-state index contributed by atoms with van der Waals surface area (Å²) in [6.07, 6.45) is 0.562. The van der Waals surface area contributed by atoms with E-state index in [9.17, 15) is 18.4 Å². The fraction of sp³-hybridized carbons (Fsp3) is 0.517. The van der Waals surface area contributed by atoms with E-state index >= 15 is 0 Å². The quantitative estimate of drug-likeness (QED) is 0.399. The van der Waals surface area contributed by atoms with Crippen molar-refractivity contribution in [2.45, 2.75) is 85.3 Å². The molecule has 2 amide bonds. The van der Waals surface area contributed by atoms with Crippen LogP contribution >= 0.6 is 15.9 Å². The number of hydrogen-bond donors (Lipinski definition) is 1. The summed E-state index contributed by atoms with van der Waals surface area (Å²) in [4.78, 5) is 27.3. The van der Waals surface area contributed by atoms with E-state index in [-0.39, 0.29) is 30.2 Å². The smallest absolute Gasteiger partial charge is 0.410 e. The summed E-state index contributed by atoms with van der Waals surface area (Å²) in [5, 5.41) is 9.10. The van der Waals surface area contributed by atoms with Crippen molar-refractivity contribution in [1.82, 2.24) is 9.80 Å². The maximum Gasteiger partial charge on any atom is 0.410 e. The number of halogens is 3. The lowest BCUT2D eigenvalue weighted by Crippen LogP contribution is -2.40. The van der Waals surface area contributed by atoms with Crippen molar-refractivity contribution in [1.29, 1.82) is 0 Å². The first-order valence-electron chi connectivity index (χ1n) is 12.9. The predicted molar refractivity (Wildman–Crippen MR) is 147 cm³/mol.